The van der Waals surface area contributed by atoms with Gasteiger partial charge in [-0.1, -0.05) is 30.3 Å². The van der Waals surface area contributed by atoms with Crippen molar-refractivity contribution in [2.75, 3.05) is 33.9 Å². The number of likely N-dealkylation sites (N-methyl/N-ethyl adjacent to an activating group) is 1. The summed E-state index contributed by atoms with van der Waals surface area (Å²) >= 11 is 0. The largest absolute Gasteiger partial charge is 0.379 e. The van der Waals surface area contributed by atoms with E-state index in [0.717, 1.165) is 56.8 Å². The number of nitrogens with zero attached hydrogens (tertiary/aromatic N) is 4. The van der Waals surface area contributed by atoms with Crippen molar-refractivity contribution >= 4 is 5.96 Å². The lowest BCUT2D eigenvalue weighted by atomic mass is 10.1. The molecule has 1 aliphatic rings. The van der Waals surface area contributed by atoms with Crippen molar-refractivity contribution in [2.24, 2.45) is 10.9 Å². The Morgan fingerprint density at radius 3 is 2.89 bits per heavy atom. The average Bonchev–Trinajstić information content (AvgIpc) is 3.44. The van der Waals surface area contributed by atoms with Crippen LogP contribution >= 0.6 is 0 Å². The molecule has 1 aliphatic carbocycles. The number of aliphatic imine (C=N–C) groups is 1. The first-order chi connectivity index (χ1) is 13.8. The van der Waals surface area contributed by atoms with Gasteiger partial charge >= 0.3 is 0 Å². The van der Waals surface area contributed by atoms with Gasteiger partial charge in [-0.2, -0.15) is 0 Å². The Hall–Kier alpha value is -2.34. The summed E-state index contributed by atoms with van der Waals surface area (Å²) in [6.07, 6.45) is 8.77. The third-order valence-electron chi connectivity index (χ3n) is 5.11. The van der Waals surface area contributed by atoms with E-state index in [2.05, 4.69) is 61.3 Å². The second kappa shape index (κ2) is 10.9. The molecule has 2 aromatic rings. The van der Waals surface area contributed by atoms with Crippen LogP contribution in [0.25, 0.3) is 0 Å². The van der Waals surface area contributed by atoms with Crippen molar-refractivity contribution in [3.8, 4) is 0 Å². The van der Waals surface area contributed by atoms with Crippen LogP contribution in [0.5, 0.6) is 0 Å². The van der Waals surface area contributed by atoms with Gasteiger partial charge in [0.2, 0.25) is 0 Å². The fraction of sp³-hybridized carbons (Fsp3) is 0.545. The number of nitrogens with one attached hydrogen (secondary N) is 1. The highest BCUT2D eigenvalue weighted by atomic mass is 16.5. The Balaban J connectivity index is 1.39. The predicted molar refractivity (Wildman–Crippen MR) is 113 cm³/mol. The lowest BCUT2D eigenvalue weighted by Gasteiger charge is -2.22. The lowest BCUT2D eigenvalue weighted by Crippen LogP contribution is -2.40. The van der Waals surface area contributed by atoms with E-state index in [9.17, 15) is 0 Å². The van der Waals surface area contributed by atoms with Crippen LogP contribution in [0.15, 0.2) is 47.7 Å². The zero-order valence-corrected chi connectivity index (χ0v) is 17.2. The minimum atomic E-state index is 0.665. The Morgan fingerprint density at radius 1 is 1.32 bits per heavy atom. The molecule has 1 aromatic heterocycles. The van der Waals surface area contributed by atoms with Crippen molar-refractivity contribution in [1.29, 1.82) is 0 Å². The molecule has 28 heavy (non-hydrogen) atoms. The molecule has 152 valence electrons. The summed E-state index contributed by atoms with van der Waals surface area (Å²) in [6.45, 7) is 4.10. The highest BCUT2D eigenvalue weighted by Crippen LogP contribution is 2.28. The summed E-state index contributed by atoms with van der Waals surface area (Å²) < 4.78 is 7.96. The smallest absolute Gasteiger partial charge is 0.193 e. The molecule has 3 rings (SSSR count). The van der Waals surface area contributed by atoms with Crippen LogP contribution < -0.4 is 5.32 Å². The van der Waals surface area contributed by atoms with Gasteiger partial charge in [0, 0.05) is 46.2 Å². The summed E-state index contributed by atoms with van der Waals surface area (Å²) in [4.78, 5) is 11.0. The number of hydrogen-bond donors (Lipinski definition) is 1. The maximum Gasteiger partial charge on any atom is 0.193 e. The Bertz CT molecular complexity index is 724. The minimum absolute atomic E-state index is 0.665. The predicted octanol–water partition coefficient (Wildman–Crippen LogP) is 2.95. The first kappa shape index (κ1) is 20.4. The van der Waals surface area contributed by atoms with E-state index >= 15 is 0 Å². The highest BCUT2D eigenvalue weighted by molar-refractivity contribution is 5.79. The maximum absolute atomic E-state index is 5.73. The molecule has 0 bridgehead atoms. The van der Waals surface area contributed by atoms with Gasteiger partial charge in [-0.15, -0.1) is 0 Å². The van der Waals surface area contributed by atoms with Gasteiger partial charge in [0.05, 0.1) is 13.2 Å². The molecule has 0 spiro atoms. The van der Waals surface area contributed by atoms with E-state index in [1.54, 1.807) is 0 Å². The molecular formula is C22H33N5O. The van der Waals surface area contributed by atoms with E-state index < -0.39 is 0 Å². The van der Waals surface area contributed by atoms with E-state index in [0.29, 0.717) is 6.54 Å². The number of ether oxygens (including phenoxy) is 1. The van der Waals surface area contributed by atoms with E-state index in [-0.39, 0.29) is 0 Å². The van der Waals surface area contributed by atoms with Gasteiger partial charge < -0.3 is 19.5 Å². The standard InChI is InChI=1S/C22H33N5O/c1-23-22(26(2)15-16-28-18-20-10-11-20)25-17-21-24-12-14-27(21)13-6-9-19-7-4-3-5-8-19/h3-5,7-8,12,14,20H,6,9-11,13,15-18H2,1-2H3,(H,23,25). The molecule has 1 aromatic carbocycles. The summed E-state index contributed by atoms with van der Waals surface area (Å²) in [7, 11) is 3.86. The van der Waals surface area contributed by atoms with Gasteiger partial charge in [0.15, 0.2) is 5.96 Å². The second-order valence-corrected chi connectivity index (χ2v) is 7.47. The quantitative estimate of drug-likeness (QED) is 0.368. The summed E-state index contributed by atoms with van der Waals surface area (Å²) in [5.74, 6) is 2.71. The fourth-order valence-electron chi connectivity index (χ4n) is 3.19. The lowest BCUT2D eigenvalue weighted by molar-refractivity contribution is 0.115. The van der Waals surface area contributed by atoms with Crippen molar-refractivity contribution < 1.29 is 4.74 Å². The molecule has 0 saturated heterocycles. The van der Waals surface area contributed by atoms with Crippen LogP contribution in [0, 0.1) is 5.92 Å². The molecule has 1 fully saturated rings. The molecule has 6 heteroatoms. The number of imidazole rings is 1. The average molecular weight is 384 g/mol. The van der Waals surface area contributed by atoms with Gasteiger partial charge in [0.25, 0.3) is 0 Å². The van der Waals surface area contributed by atoms with Crippen LogP contribution in [0.3, 0.4) is 0 Å². The zero-order chi connectivity index (χ0) is 19.6. The minimum Gasteiger partial charge on any atom is -0.379 e. The summed E-state index contributed by atoms with van der Waals surface area (Å²) in [6, 6.07) is 10.6. The van der Waals surface area contributed by atoms with Gasteiger partial charge in [-0.05, 0) is 37.2 Å². The zero-order valence-electron chi connectivity index (χ0n) is 17.2. The number of benzene rings is 1. The van der Waals surface area contributed by atoms with Gasteiger partial charge in [-0.3, -0.25) is 4.99 Å². The molecule has 1 saturated carbocycles. The normalized spacial score (nSPS) is 14.3. The molecular weight excluding hydrogens is 350 g/mol. The third-order valence-corrected chi connectivity index (χ3v) is 5.11. The van der Waals surface area contributed by atoms with Crippen LogP contribution in [0.4, 0.5) is 0 Å². The SMILES string of the molecule is CN=C(NCc1nccn1CCCc1ccccc1)N(C)CCOCC1CC1. The van der Waals surface area contributed by atoms with Crippen molar-refractivity contribution in [1.82, 2.24) is 19.8 Å². The first-order valence-electron chi connectivity index (χ1n) is 10.3. The number of guanidine groups is 1. The topological polar surface area (TPSA) is 54.7 Å². The van der Waals surface area contributed by atoms with Gasteiger partial charge in [0.1, 0.15) is 5.82 Å². The summed E-state index contributed by atoms with van der Waals surface area (Å²) in [5.41, 5.74) is 1.38. The van der Waals surface area contributed by atoms with Crippen LogP contribution in [0.1, 0.15) is 30.7 Å². The van der Waals surface area contributed by atoms with E-state index in [1.165, 1.54) is 18.4 Å². The molecule has 0 unspecified atom stereocenters. The molecule has 0 aliphatic heterocycles. The van der Waals surface area contributed by atoms with Gasteiger partial charge in [-0.25, -0.2) is 4.98 Å². The maximum atomic E-state index is 5.73. The Kier molecular flexibility index (Phi) is 7.91. The molecule has 6 nitrogen and oxygen atoms in total. The van der Waals surface area contributed by atoms with Crippen LogP contribution in [0.2, 0.25) is 0 Å². The molecule has 0 amide bonds. The van der Waals surface area contributed by atoms with E-state index in [4.69, 9.17) is 4.74 Å². The monoisotopic (exact) mass is 383 g/mol. The van der Waals surface area contributed by atoms with Crippen molar-refractivity contribution in [3.05, 3.63) is 54.1 Å². The van der Waals surface area contributed by atoms with E-state index in [1.807, 2.05) is 20.3 Å². The Morgan fingerprint density at radius 2 is 2.14 bits per heavy atom. The molecule has 0 radical (unpaired) electrons. The first-order valence-corrected chi connectivity index (χ1v) is 10.3. The molecule has 1 N–H and O–H groups in total. The summed E-state index contributed by atoms with van der Waals surface area (Å²) in [5, 5.41) is 3.42. The number of aryl methyl sites for hydroxylation is 2. The number of hydrogen-bond acceptors (Lipinski definition) is 3. The van der Waals surface area contributed by atoms with Crippen LogP contribution in [-0.2, 0) is 24.2 Å². The molecule has 0 atom stereocenters. The fourth-order valence-corrected chi connectivity index (χ4v) is 3.19. The molecule has 1 heterocycles. The number of rotatable bonds is 11. The highest BCUT2D eigenvalue weighted by Gasteiger charge is 2.21. The van der Waals surface area contributed by atoms with Crippen molar-refractivity contribution in [3.63, 3.8) is 0 Å². The number of aromatic nitrogens is 2. The van der Waals surface area contributed by atoms with Crippen LogP contribution in [-0.4, -0.2) is 54.3 Å². The third kappa shape index (κ3) is 6.68. The second-order valence-electron chi connectivity index (χ2n) is 7.47. The Labute approximate surface area is 168 Å². The van der Waals surface area contributed by atoms with Crippen molar-refractivity contribution in [2.45, 2.75) is 38.8 Å².